The van der Waals surface area contributed by atoms with Crippen molar-refractivity contribution in [1.29, 1.82) is 0 Å². The Morgan fingerprint density at radius 2 is 1.81 bits per heavy atom. The molecule has 32 heavy (non-hydrogen) atoms. The molecule has 10 heteroatoms. The maximum absolute atomic E-state index is 10.6. The maximum atomic E-state index is 10.6. The zero-order valence-corrected chi connectivity index (χ0v) is 16.3. The van der Waals surface area contributed by atoms with Gasteiger partial charge in [0.1, 0.15) is 6.61 Å². The van der Waals surface area contributed by atoms with Crippen LogP contribution in [0.2, 0.25) is 0 Å². The molecule has 0 spiro atoms. The fraction of sp³-hybridized carbons (Fsp3) is 0.136. The van der Waals surface area contributed by atoms with Gasteiger partial charge in [-0.3, -0.25) is 5.10 Å². The quantitative estimate of drug-likeness (QED) is 0.463. The van der Waals surface area contributed by atoms with Crippen LogP contribution in [0, 0.1) is 0 Å². The summed E-state index contributed by atoms with van der Waals surface area (Å²) >= 11 is 0. The number of para-hydroxylation sites is 2. The lowest BCUT2D eigenvalue weighted by Crippen LogP contribution is -2.22. The molecule has 0 aliphatic carbocycles. The highest BCUT2D eigenvalue weighted by molar-refractivity contribution is 5.84. The Balaban J connectivity index is 0.000000307. The molecular formula is C22H16F3N3O4. The van der Waals surface area contributed by atoms with Crippen LogP contribution in [0.1, 0.15) is 11.8 Å². The summed E-state index contributed by atoms with van der Waals surface area (Å²) < 4.78 is 43.6. The second-order valence-electron chi connectivity index (χ2n) is 6.80. The zero-order chi connectivity index (χ0) is 22.7. The zero-order valence-electron chi connectivity index (χ0n) is 16.3. The van der Waals surface area contributed by atoms with E-state index in [1.807, 2.05) is 48.8 Å². The molecule has 7 nitrogen and oxygen atoms in total. The van der Waals surface area contributed by atoms with E-state index in [1.54, 1.807) is 0 Å². The third-order valence-electron chi connectivity index (χ3n) is 4.62. The van der Waals surface area contributed by atoms with Crippen LogP contribution in [-0.4, -0.2) is 39.0 Å². The van der Waals surface area contributed by atoms with Gasteiger partial charge < -0.3 is 14.6 Å². The lowest BCUT2D eigenvalue weighted by Gasteiger charge is -2.26. The molecule has 0 bridgehead atoms. The number of pyridine rings is 1. The van der Waals surface area contributed by atoms with E-state index in [2.05, 4.69) is 28.4 Å². The van der Waals surface area contributed by atoms with E-state index < -0.39 is 12.1 Å². The Hall–Kier alpha value is -4.08. The van der Waals surface area contributed by atoms with Crippen molar-refractivity contribution in [2.45, 2.75) is 12.3 Å². The number of benzene rings is 2. The Bertz CT molecular complexity index is 1240. The summed E-state index contributed by atoms with van der Waals surface area (Å²) in [5.74, 6) is -1.22. The molecule has 0 radical (unpaired) electrons. The summed E-state index contributed by atoms with van der Waals surface area (Å²) in [5.41, 5.74) is 3.99. The highest BCUT2D eigenvalue weighted by Crippen LogP contribution is 2.35. The predicted molar refractivity (Wildman–Crippen MR) is 108 cm³/mol. The molecule has 0 saturated carbocycles. The van der Waals surface area contributed by atoms with Crippen molar-refractivity contribution in [3.8, 4) is 22.6 Å². The Morgan fingerprint density at radius 3 is 2.50 bits per heavy atom. The van der Waals surface area contributed by atoms with Crippen molar-refractivity contribution in [2.24, 2.45) is 0 Å². The maximum Gasteiger partial charge on any atom is 0.490 e. The van der Waals surface area contributed by atoms with E-state index in [1.165, 1.54) is 0 Å². The fourth-order valence-corrected chi connectivity index (χ4v) is 3.07. The summed E-state index contributed by atoms with van der Waals surface area (Å²) in [6.45, 7) is 0.461. The normalized spacial score (nSPS) is 15.0. The summed E-state index contributed by atoms with van der Waals surface area (Å²) in [6.07, 6.45) is -1.59. The first kappa shape index (κ1) is 21.2. The van der Waals surface area contributed by atoms with Gasteiger partial charge in [0.15, 0.2) is 17.6 Å². The second kappa shape index (κ2) is 8.58. The number of H-pyrrole nitrogens is 1. The van der Waals surface area contributed by atoms with Crippen molar-refractivity contribution in [3.63, 3.8) is 0 Å². The Kier molecular flexibility index (Phi) is 5.67. The molecule has 4 aromatic rings. The number of carbonyl (C=O) groups is 1. The highest BCUT2D eigenvalue weighted by atomic mass is 19.4. The first-order chi connectivity index (χ1) is 15.3. The van der Waals surface area contributed by atoms with E-state index in [0.717, 1.165) is 39.2 Å². The van der Waals surface area contributed by atoms with Crippen LogP contribution in [-0.2, 0) is 4.79 Å². The van der Waals surface area contributed by atoms with Crippen molar-refractivity contribution >= 4 is 16.9 Å². The minimum atomic E-state index is -5.08. The molecule has 2 aromatic heterocycles. The van der Waals surface area contributed by atoms with E-state index in [0.29, 0.717) is 6.61 Å². The molecule has 164 valence electrons. The topological polar surface area (TPSA) is 97.3 Å². The van der Waals surface area contributed by atoms with Gasteiger partial charge in [0.25, 0.3) is 0 Å². The van der Waals surface area contributed by atoms with Gasteiger partial charge in [-0.2, -0.15) is 18.3 Å². The number of ether oxygens (including phenoxy) is 2. The number of aliphatic carboxylic acids is 1. The molecule has 0 fully saturated rings. The predicted octanol–water partition coefficient (Wildman–Crippen LogP) is 4.77. The van der Waals surface area contributed by atoms with Gasteiger partial charge in [0.2, 0.25) is 0 Å². The Labute approximate surface area is 179 Å². The summed E-state index contributed by atoms with van der Waals surface area (Å²) in [4.78, 5) is 13.7. The van der Waals surface area contributed by atoms with Gasteiger partial charge in [-0.05, 0) is 35.9 Å². The fourth-order valence-electron chi connectivity index (χ4n) is 3.07. The molecule has 5 rings (SSSR count). The number of nitrogens with one attached hydrogen (secondary N) is 1. The number of halogens is 3. The molecule has 3 heterocycles. The average Bonchev–Trinajstić information content (AvgIpc) is 3.33. The molecule has 1 aliphatic heterocycles. The number of aromatic nitrogens is 3. The molecule has 1 aliphatic rings. The van der Waals surface area contributed by atoms with Gasteiger partial charge in [0, 0.05) is 17.1 Å². The molecular weight excluding hydrogens is 427 g/mol. The van der Waals surface area contributed by atoms with Crippen molar-refractivity contribution in [1.82, 2.24) is 15.2 Å². The number of hydrogen-bond donors (Lipinski definition) is 2. The standard InChI is InChI=1S/C20H15N3O2.C2HF3O2/c1-2-4-19-18(3-1)24-12-20(25-19)17-8-6-14-9-13(5-7-16(14)23-17)15-10-21-22-11-15;3-2(4,5)1(6)7/h1-11,20H,12H2,(H,21,22);(H,6,7). The highest BCUT2D eigenvalue weighted by Gasteiger charge is 2.38. The summed E-state index contributed by atoms with van der Waals surface area (Å²) in [5, 5.41) is 15.0. The minimum absolute atomic E-state index is 0.201. The second-order valence-corrected chi connectivity index (χ2v) is 6.80. The van der Waals surface area contributed by atoms with Crippen LogP contribution in [0.15, 0.2) is 67.0 Å². The summed E-state index contributed by atoms with van der Waals surface area (Å²) in [7, 11) is 0. The SMILES string of the molecule is O=C(O)C(F)(F)F.c1ccc2c(c1)OCC(c1ccc3cc(-c4cn[nH]c4)ccc3n1)O2. The number of carboxylic acid groups (broad SMARTS) is 1. The van der Waals surface area contributed by atoms with Gasteiger partial charge >= 0.3 is 12.1 Å². The lowest BCUT2D eigenvalue weighted by atomic mass is 10.1. The van der Waals surface area contributed by atoms with E-state index in [-0.39, 0.29) is 6.10 Å². The van der Waals surface area contributed by atoms with Crippen LogP contribution in [0.3, 0.4) is 0 Å². The van der Waals surface area contributed by atoms with Crippen LogP contribution in [0.25, 0.3) is 22.0 Å². The van der Waals surface area contributed by atoms with Gasteiger partial charge in [-0.1, -0.05) is 24.3 Å². The van der Waals surface area contributed by atoms with Crippen LogP contribution in [0.5, 0.6) is 11.5 Å². The van der Waals surface area contributed by atoms with E-state index in [4.69, 9.17) is 24.4 Å². The number of alkyl halides is 3. The van der Waals surface area contributed by atoms with E-state index in [9.17, 15) is 13.2 Å². The molecule has 2 N–H and O–H groups in total. The smallest absolute Gasteiger partial charge is 0.485 e. The van der Waals surface area contributed by atoms with Crippen LogP contribution in [0.4, 0.5) is 13.2 Å². The number of carboxylic acids is 1. The third kappa shape index (κ3) is 4.64. The Morgan fingerprint density at radius 1 is 1.06 bits per heavy atom. The van der Waals surface area contributed by atoms with Crippen LogP contribution < -0.4 is 9.47 Å². The van der Waals surface area contributed by atoms with E-state index >= 15 is 0 Å². The van der Waals surface area contributed by atoms with Gasteiger partial charge in [-0.25, -0.2) is 9.78 Å². The molecule has 1 atom stereocenters. The molecule has 2 aromatic carbocycles. The number of nitrogens with zero attached hydrogens (tertiary/aromatic N) is 2. The number of rotatable bonds is 2. The molecule has 1 unspecified atom stereocenters. The number of fused-ring (bicyclic) bond motifs is 2. The van der Waals surface area contributed by atoms with Crippen molar-refractivity contribution < 1.29 is 32.5 Å². The lowest BCUT2D eigenvalue weighted by molar-refractivity contribution is -0.192. The average molecular weight is 443 g/mol. The molecule has 0 saturated heterocycles. The van der Waals surface area contributed by atoms with Gasteiger partial charge in [0.05, 0.1) is 17.4 Å². The largest absolute Gasteiger partial charge is 0.490 e. The first-order valence-corrected chi connectivity index (χ1v) is 9.40. The first-order valence-electron chi connectivity index (χ1n) is 9.40. The number of hydrogen-bond acceptors (Lipinski definition) is 5. The van der Waals surface area contributed by atoms with Gasteiger partial charge in [-0.15, -0.1) is 0 Å². The number of aromatic amines is 1. The van der Waals surface area contributed by atoms with Crippen molar-refractivity contribution in [3.05, 3.63) is 72.7 Å². The molecule has 0 amide bonds. The third-order valence-corrected chi connectivity index (χ3v) is 4.62. The van der Waals surface area contributed by atoms with Crippen LogP contribution >= 0.6 is 0 Å². The minimum Gasteiger partial charge on any atom is -0.485 e. The monoisotopic (exact) mass is 443 g/mol. The summed E-state index contributed by atoms with van der Waals surface area (Å²) in [6, 6.07) is 18.0. The van der Waals surface area contributed by atoms with Crippen molar-refractivity contribution in [2.75, 3.05) is 6.61 Å².